The Bertz CT molecular complexity index is 1120. The summed E-state index contributed by atoms with van der Waals surface area (Å²) < 4.78 is 35.0. The van der Waals surface area contributed by atoms with Crippen molar-refractivity contribution in [2.75, 3.05) is 5.75 Å². The van der Waals surface area contributed by atoms with Gasteiger partial charge in [-0.25, -0.2) is 8.99 Å². The Morgan fingerprint density at radius 1 is 1.43 bits per heavy atom. The van der Waals surface area contributed by atoms with Gasteiger partial charge < -0.3 is 9.52 Å². The summed E-state index contributed by atoms with van der Waals surface area (Å²) in [5, 5.41) is 10.0. The number of rotatable bonds is 8. The van der Waals surface area contributed by atoms with Crippen molar-refractivity contribution in [1.82, 2.24) is 0 Å². The first kappa shape index (κ1) is 20.0. The second kappa shape index (κ2) is 7.65. The van der Waals surface area contributed by atoms with Crippen LogP contribution in [0.25, 0.3) is 0 Å². The predicted octanol–water partition coefficient (Wildman–Crippen LogP) is 4.73. The molecule has 0 aliphatic heterocycles. The molecule has 1 saturated carbocycles. The second-order valence-corrected chi connectivity index (χ2v) is 11.4. The minimum absolute atomic E-state index is 0.0729. The van der Waals surface area contributed by atoms with Crippen molar-refractivity contribution in [1.29, 1.82) is 4.78 Å². The lowest BCUT2D eigenvalue weighted by atomic mass is 9.86. The molecule has 0 spiro atoms. The van der Waals surface area contributed by atoms with Crippen LogP contribution in [0.4, 0.5) is 0 Å². The lowest BCUT2D eigenvalue weighted by Gasteiger charge is -2.19. The van der Waals surface area contributed by atoms with E-state index in [9.17, 15) is 14.1 Å². The normalized spacial score (nSPS) is 19.8. The van der Waals surface area contributed by atoms with Crippen molar-refractivity contribution >= 4 is 15.5 Å². The largest absolute Gasteiger partial charge is 0.454 e. The van der Waals surface area contributed by atoms with E-state index < -0.39 is 21.1 Å². The van der Waals surface area contributed by atoms with Crippen LogP contribution >= 0.6 is 0 Å². The summed E-state index contributed by atoms with van der Waals surface area (Å²) >= 11 is 0. The molecule has 4 rings (SSSR count). The summed E-state index contributed by atoms with van der Waals surface area (Å²) in [7, 11) is -3.44. The molecule has 0 bridgehead atoms. The zero-order chi connectivity index (χ0) is 22.6. The Hall–Kier alpha value is -1.92. The maximum absolute atomic E-state index is 13.0. The fraction of sp³-hybridized carbons (Fsp3) is 0.542. The van der Waals surface area contributed by atoms with E-state index in [1.165, 1.54) is 25.2 Å². The van der Waals surface area contributed by atoms with E-state index in [-0.39, 0.29) is 17.3 Å². The van der Waals surface area contributed by atoms with E-state index >= 15 is 0 Å². The van der Waals surface area contributed by atoms with Gasteiger partial charge in [0, 0.05) is 18.1 Å². The molecule has 2 aliphatic rings. The van der Waals surface area contributed by atoms with Gasteiger partial charge in [0.05, 0.1) is 19.0 Å². The Morgan fingerprint density at radius 2 is 2.17 bits per heavy atom. The highest BCUT2D eigenvalue weighted by Crippen LogP contribution is 2.44. The van der Waals surface area contributed by atoms with Crippen molar-refractivity contribution in [2.45, 2.75) is 75.9 Å². The van der Waals surface area contributed by atoms with Gasteiger partial charge in [-0.15, -0.1) is 0 Å². The average Bonchev–Trinajstić information content (AvgIpc) is 3.17. The first-order valence-electron chi connectivity index (χ1n) is 11.2. The molecule has 1 aromatic heterocycles. The minimum Gasteiger partial charge on any atom is -0.454 e. The number of carbonyl (C=O) groups excluding carboxylic acids is 1. The third-order valence-electron chi connectivity index (χ3n) is 6.50. The zero-order valence-electron chi connectivity index (χ0n) is 18.9. The van der Waals surface area contributed by atoms with Crippen LogP contribution in [-0.4, -0.2) is 20.9 Å². The number of benzene rings is 1. The van der Waals surface area contributed by atoms with Gasteiger partial charge in [0.1, 0.15) is 9.73 Å². The number of hydrogen-bond acceptors (Lipinski definition) is 5. The number of Topliss-reactive ketones (excluding diaryl/α,β-unsaturated/α-hetero) is 1. The topological polar surface area (TPSA) is 91.4 Å². The van der Waals surface area contributed by atoms with E-state index in [2.05, 4.69) is 6.92 Å². The summed E-state index contributed by atoms with van der Waals surface area (Å²) in [6.07, 6.45) is 6.54. The molecular weight excluding hydrogens is 398 g/mol. The lowest BCUT2D eigenvalue weighted by Crippen LogP contribution is -2.19. The first-order chi connectivity index (χ1) is 14.5. The number of carbonyl (C=O) groups is 1. The monoisotopic (exact) mass is 430 g/mol. The van der Waals surface area contributed by atoms with E-state index in [4.69, 9.17) is 10.6 Å². The highest BCUT2D eigenvalue weighted by Gasteiger charge is 2.32. The van der Waals surface area contributed by atoms with Crippen LogP contribution in [0.1, 0.15) is 75.1 Å². The Balaban J connectivity index is 1.60. The minimum atomic E-state index is -3.44. The standard InChI is InChI=1S/C24H31NO4S/c1-15(16-7-8-16)20-10-9-17-5-4-6-21(17)22(20)12-19(26)14-30(25,28)23-11-18(13-29-23)24(2,3)27/h9-11,13,15-16,25,27H,4-8,12,14H2,1-3H3/t15-,30-/m0/s1/i9D. The Morgan fingerprint density at radius 3 is 2.80 bits per heavy atom. The van der Waals surface area contributed by atoms with Crippen molar-refractivity contribution in [3.63, 3.8) is 0 Å². The van der Waals surface area contributed by atoms with Crippen LogP contribution in [0, 0.1) is 10.7 Å². The maximum atomic E-state index is 13.0. The fourth-order valence-electron chi connectivity index (χ4n) is 4.48. The number of fused-ring (bicyclic) bond motifs is 1. The molecule has 0 amide bonds. The van der Waals surface area contributed by atoms with E-state index in [1.807, 2.05) is 6.07 Å². The van der Waals surface area contributed by atoms with E-state index in [0.29, 0.717) is 23.4 Å². The molecule has 2 aliphatic carbocycles. The molecule has 2 aromatic rings. The number of ketones is 1. The Kier molecular flexibility index (Phi) is 5.10. The highest BCUT2D eigenvalue weighted by atomic mass is 32.2. The SMILES string of the molecule is [2H]c1cc([C@@H](C)C2CC2)c(CC(=O)C[S@](=N)(=O)c2cc(C(C)(C)O)co2)c2c1CCC2. The van der Waals surface area contributed by atoms with Crippen molar-refractivity contribution in [2.24, 2.45) is 5.92 Å². The predicted molar refractivity (Wildman–Crippen MR) is 116 cm³/mol. The summed E-state index contributed by atoms with van der Waals surface area (Å²) in [5.41, 5.74) is 3.51. The van der Waals surface area contributed by atoms with Gasteiger partial charge in [-0.05, 0) is 80.0 Å². The molecule has 2 N–H and O–H groups in total. The first-order valence-corrected chi connectivity index (χ1v) is 12.4. The summed E-state index contributed by atoms with van der Waals surface area (Å²) in [5.74, 6) is 0.242. The van der Waals surface area contributed by atoms with Gasteiger partial charge >= 0.3 is 0 Å². The number of aliphatic hydroxyl groups is 1. The van der Waals surface area contributed by atoms with Crippen LogP contribution in [0.2, 0.25) is 0 Å². The molecule has 0 saturated heterocycles. The number of hydrogen-bond donors (Lipinski definition) is 2. The van der Waals surface area contributed by atoms with Gasteiger partial charge in [-0.2, -0.15) is 0 Å². The smallest absolute Gasteiger partial charge is 0.199 e. The van der Waals surface area contributed by atoms with E-state index in [0.717, 1.165) is 41.5 Å². The van der Waals surface area contributed by atoms with Crippen LogP contribution in [-0.2, 0) is 39.4 Å². The quantitative estimate of drug-likeness (QED) is 0.633. The number of nitrogens with one attached hydrogen (secondary N) is 1. The third kappa shape index (κ3) is 4.26. The van der Waals surface area contributed by atoms with Crippen molar-refractivity contribution < 1.29 is 19.9 Å². The molecule has 1 fully saturated rings. The summed E-state index contributed by atoms with van der Waals surface area (Å²) in [6, 6.07) is 3.93. The van der Waals surface area contributed by atoms with Gasteiger partial charge in [0.25, 0.3) is 0 Å². The van der Waals surface area contributed by atoms with Gasteiger partial charge in [-0.3, -0.25) is 4.79 Å². The molecular formula is C24H31NO4S. The molecule has 162 valence electrons. The molecule has 0 radical (unpaired) electrons. The molecule has 6 heteroatoms. The maximum Gasteiger partial charge on any atom is 0.199 e. The zero-order valence-corrected chi connectivity index (χ0v) is 18.7. The molecule has 1 aromatic carbocycles. The summed E-state index contributed by atoms with van der Waals surface area (Å²) in [4.78, 5) is 13.0. The molecule has 0 unspecified atom stereocenters. The Labute approximate surface area is 180 Å². The molecule has 2 atom stereocenters. The van der Waals surface area contributed by atoms with Crippen molar-refractivity contribution in [3.05, 3.63) is 52.3 Å². The lowest BCUT2D eigenvalue weighted by molar-refractivity contribution is -0.116. The molecule has 1 heterocycles. The second-order valence-electron chi connectivity index (χ2n) is 9.41. The summed E-state index contributed by atoms with van der Waals surface area (Å²) in [6.45, 7) is 5.34. The van der Waals surface area contributed by atoms with Crippen LogP contribution < -0.4 is 0 Å². The van der Waals surface area contributed by atoms with Gasteiger partial charge in [0.2, 0.25) is 0 Å². The fourth-order valence-corrected chi connectivity index (χ4v) is 5.70. The molecule has 30 heavy (non-hydrogen) atoms. The van der Waals surface area contributed by atoms with Gasteiger partial charge in [-0.1, -0.05) is 19.0 Å². The number of furan rings is 1. The van der Waals surface area contributed by atoms with Crippen molar-refractivity contribution in [3.8, 4) is 0 Å². The third-order valence-corrected chi connectivity index (χ3v) is 8.09. The molecule has 5 nitrogen and oxygen atoms in total. The van der Waals surface area contributed by atoms with Crippen LogP contribution in [0.15, 0.2) is 33.9 Å². The highest BCUT2D eigenvalue weighted by molar-refractivity contribution is 7.93. The van der Waals surface area contributed by atoms with E-state index in [1.54, 1.807) is 13.8 Å². The van der Waals surface area contributed by atoms with Gasteiger partial charge in [0.15, 0.2) is 10.9 Å². The average molecular weight is 431 g/mol. The van der Waals surface area contributed by atoms with Crippen LogP contribution in [0.5, 0.6) is 0 Å². The van der Waals surface area contributed by atoms with Crippen LogP contribution in [0.3, 0.4) is 0 Å².